The molecule has 7 heteroatoms. The average molecular weight is 278 g/mol. The molecule has 0 saturated carbocycles. The van der Waals surface area contributed by atoms with Crippen LogP contribution in [0.3, 0.4) is 0 Å². The maximum absolute atomic E-state index is 11.7. The van der Waals surface area contributed by atoms with Crippen molar-refractivity contribution in [1.29, 1.82) is 0 Å². The van der Waals surface area contributed by atoms with Gasteiger partial charge in [-0.2, -0.15) is 0 Å². The molecule has 2 amide bonds. The zero-order valence-electron chi connectivity index (χ0n) is 10.9. The highest BCUT2D eigenvalue weighted by molar-refractivity contribution is 5.93. The molecule has 0 aliphatic carbocycles. The number of carbonyl (C=O) groups is 2. The summed E-state index contributed by atoms with van der Waals surface area (Å²) in [6.07, 6.45) is -1.38. The third kappa shape index (κ3) is 1.96. The quantitative estimate of drug-likeness (QED) is 0.876. The summed E-state index contributed by atoms with van der Waals surface area (Å²) in [5.41, 5.74) is 2.25. The van der Waals surface area contributed by atoms with E-state index in [0.29, 0.717) is 12.2 Å². The molecule has 7 nitrogen and oxygen atoms in total. The molecule has 2 aliphatic rings. The van der Waals surface area contributed by atoms with Crippen molar-refractivity contribution in [2.45, 2.75) is 12.7 Å². The minimum absolute atomic E-state index is 0.179. The van der Waals surface area contributed by atoms with Crippen LogP contribution in [0.25, 0.3) is 0 Å². The summed E-state index contributed by atoms with van der Waals surface area (Å²) in [6.45, 7) is 0.288. The van der Waals surface area contributed by atoms with Gasteiger partial charge in [-0.25, -0.2) is 9.59 Å². The number of carbonyl (C=O) groups excluding carboxylic acids is 2. The first kappa shape index (κ1) is 12.7. The Labute approximate surface area is 115 Å². The van der Waals surface area contributed by atoms with E-state index in [9.17, 15) is 9.59 Å². The van der Waals surface area contributed by atoms with Crippen LogP contribution in [0.1, 0.15) is 5.56 Å². The van der Waals surface area contributed by atoms with Crippen LogP contribution in [-0.2, 0) is 16.1 Å². The van der Waals surface area contributed by atoms with Gasteiger partial charge in [0.25, 0.3) is 0 Å². The smallest absolute Gasteiger partial charge is 0.414 e. The van der Waals surface area contributed by atoms with Crippen molar-refractivity contribution >= 4 is 23.6 Å². The van der Waals surface area contributed by atoms with Gasteiger partial charge in [-0.05, 0) is 18.2 Å². The number of aliphatic hydroxyl groups is 1. The molecule has 1 atom stereocenters. The molecule has 20 heavy (non-hydrogen) atoms. The van der Waals surface area contributed by atoms with Crippen molar-refractivity contribution < 1.29 is 24.2 Å². The Balaban J connectivity index is 1.90. The van der Waals surface area contributed by atoms with Gasteiger partial charge in [0.1, 0.15) is 12.7 Å². The third-order valence-corrected chi connectivity index (χ3v) is 3.44. The van der Waals surface area contributed by atoms with Crippen LogP contribution in [0.4, 0.5) is 21.0 Å². The number of amides is 2. The second kappa shape index (κ2) is 4.68. The van der Waals surface area contributed by atoms with Crippen LogP contribution in [0.2, 0.25) is 0 Å². The van der Waals surface area contributed by atoms with Crippen molar-refractivity contribution in [3.63, 3.8) is 0 Å². The van der Waals surface area contributed by atoms with Crippen LogP contribution < -0.4 is 9.80 Å². The van der Waals surface area contributed by atoms with E-state index in [1.54, 1.807) is 25.2 Å². The van der Waals surface area contributed by atoms with Crippen LogP contribution in [0.5, 0.6) is 0 Å². The molecule has 1 unspecified atom stereocenters. The molecule has 1 N–H and O–H groups in total. The molecular formula is C13H14N2O5. The molecule has 106 valence electrons. The van der Waals surface area contributed by atoms with Crippen LogP contribution in [0.15, 0.2) is 18.2 Å². The molecule has 1 fully saturated rings. The zero-order valence-corrected chi connectivity index (χ0v) is 10.9. The maximum Gasteiger partial charge on any atom is 0.414 e. The summed E-state index contributed by atoms with van der Waals surface area (Å²) in [6, 6.07) is 5.30. The fourth-order valence-corrected chi connectivity index (χ4v) is 2.34. The summed E-state index contributed by atoms with van der Waals surface area (Å²) in [5, 5.41) is 9.04. The molecule has 1 aromatic carbocycles. The predicted molar refractivity (Wildman–Crippen MR) is 69.7 cm³/mol. The SMILES string of the molecule is CN1C(=O)OCc2cc(N3CC(CO)OC3=O)ccc21. The van der Waals surface area contributed by atoms with Crippen molar-refractivity contribution in [1.82, 2.24) is 0 Å². The molecule has 3 rings (SSSR count). The first-order valence-corrected chi connectivity index (χ1v) is 6.22. The summed E-state index contributed by atoms with van der Waals surface area (Å²) >= 11 is 0. The molecule has 0 spiro atoms. The minimum Gasteiger partial charge on any atom is -0.444 e. The van der Waals surface area contributed by atoms with E-state index in [4.69, 9.17) is 14.6 Å². The van der Waals surface area contributed by atoms with Crippen molar-refractivity contribution in [2.75, 3.05) is 30.0 Å². The zero-order chi connectivity index (χ0) is 14.3. The minimum atomic E-state index is -0.501. The molecule has 1 saturated heterocycles. The van der Waals surface area contributed by atoms with Crippen LogP contribution in [-0.4, -0.2) is 43.6 Å². The van der Waals surface area contributed by atoms with Gasteiger partial charge in [-0.1, -0.05) is 0 Å². The normalized spacial score (nSPS) is 21.6. The van der Waals surface area contributed by atoms with Crippen molar-refractivity contribution in [3.8, 4) is 0 Å². The Morgan fingerprint density at radius 2 is 2.15 bits per heavy atom. The van der Waals surface area contributed by atoms with Gasteiger partial charge < -0.3 is 14.6 Å². The highest BCUT2D eigenvalue weighted by Gasteiger charge is 2.32. The number of benzene rings is 1. The van der Waals surface area contributed by atoms with E-state index in [-0.39, 0.29) is 13.2 Å². The van der Waals surface area contributed by atoms with E-state index in [1.807, 2.05) is 0 Å². The standard InChI is InChI=1S/C13H14N2O5/c1-14-11-3-2-9(4-8(11)7-19-12(14)17)15-5-10(6-16)20-13(15)18/h2-4,10,16H,5-7H2,1H3. The maximum atomic E-state index is 11.7. The Morgan fingerprint density at radius 1 is 1.35 bits per heavy atom. The van der Waals surface area contributed by atoms with Crippen LogP contribution in [0, 0.1) is 0 Å². The highest BCUT2D eigenvalue weighted by Crippen LogP contribution is 2.31. The van der Waals surface area contributed by atoms with Gasteiger partial charge in [-0.3, -0.25) is 9.80 Å². The highest BCUT2D eigenvalue weighted by atomic mass is 16.6. The number of fused-ring (bicyclic) bond motifs is 1. The largest absolute Gasteiger partial charge is 0.444 e. The molecule has 0 radical (unpaired) electrons. The number of rotatable bonds is 2. The molecular weight excluding hydrogens is 264 g/mol. The summed E-state index contributed by atoms with van der Waals surface area (Å²) in [5.74, 6) is 0. The van der Waals surface area contributed by atoms with Crippen LogP contribution >= 0.6 is 0 Å². The number of hydrogen-bond donors (Lipinski definition) is 1. The first-order valence-electron chi connectivity index (χ1n) is 6.22. The van der Waals surface area contributed by atoms with Crippen molar-refractivity contribution in [2.24, 2.45) is 0 Å². The summed E-state index contributed by atoms with van der Waals surface area (Å²) in [7, 11) is 1.63. The number of anilines is 2. The van der Waals surface area contributed by atoms with Gasteiger partial charge in [0, 0.05) is 18.3 Å². The van der Waals surface area contributed by atoms with E-state index < -0.39 is 18.3 Å². The lowest BCUT2D eigenvalue weighted by molar-refractivity contribution is 0.0963. The Hall–Kier alpha value is -2.28. The van der Waals surface area contributed by atoms with Gasteiger partial charge >= 0.3 is 12.2 Å². The van der Waals surface area contributed by atoms with E-state index >= 15 is 0 Å². The van der Waals surface area contributed by atoms with E-state index in [0.717, 1.165) is 11.3 Å². The fourth-order valence-electron chi connectivity index (χ4n) is 2.34. The third-order valence-electron chi connectivity index (χ3n) is 3.44. The number of cyclic esters (lactones) is 2. The second-order valence-electron chi connectivity index (χ2n) is 4.73. The lowest BCUT2D eigenvalue weighted by Gasteiger charge is -2.26. The number of hydrogen-bond acceptors (Lipinski definition) is 5. The molecule has 2 heterocycles. The first-order chi connectivity index (χ1) is 9.60. The Morgan fingerprint density at radius 3 is 2.85 bits per heavy atom. The van der Waals surface area contributed by atoms with Gasteiger partial charge in [-0.15, -0.1) is 0 Å². The topological polar surface area (TPSA) is 79.3 Å². The Kier molecular flexibility index (Phi) is 2.98. The van der Waals surface area contributed by atoms with E-state index in [1.165, 1.54) is 9.80 Å². The van der Waals surface area contributed by atoms with Gasteiger partial charge in [0.05, 0.1) is 18.8 Å². The number of ether oxygens (including phenoxy) is 2. The Bertz CT molecular complexity index is 574. The molecule has 0 bridgehead atoms. The summed E-state index contributed by atoms with van der Waals surface area (Å²) < 4.78 is 10.0. The summed E-state index contributed by atoms with van der Waals surface area (Å²) in [4.78, 5) is 26.0. The lowest BCUT2D eigenvalue weighted by Crippen LogP contribution is -2.32. The van der Waals surface area contributed by atoms with Crippen molar-refractivity contribution in [3.05, 3.63) is 23.8 Å². The van der Waals surface area contributed by atoms with Gasteiger partial charge in [0.2, 0.25) is 0 Å². The lowest BCUT2D eigenvalue weighted by atomic mass is 10.1. The average Bonchev–Trinajstić information content (AvgIpc) is 2.84. The monoisotopic (exact) mass is 278 g/mol. The number of aliphatic hydroxyl groups excluding tert-OH is 1. The van der Waals surface area contributed by atoms with Gasteiger partial charge in [0.15, 0.2) is 0 Å². The van der Waals surface area contributed by atoms with E-state index in [2.05, 4.69) is 0 Å². The molecule has 2 aliphatic heterocycles. The number of nitrogens with zero attached hydrogens (tertiary/aromatic N) is 2. The molecule has 0 aromatic heterocycles. The molecule has 1 aromatic rings. The fraction of sp³-hybridized carbons (Fsp3) is 0.385. The second-order valence-corrected chi connectivity index (χ2v) is 4.73. The predicted octanol–water partition coefficient (Wildman–Crippen LogP) is 1.09.